The standard InChI is InChI=1S/C25H30F3N3O6S2/c1-14-12-20(22(32)24(14,30)19(23(29)33)13-38(2,34)35)31-21(25(26,27)28)17-6-4-15(5-7-17)16-8-10-18(11-9-16)39(3,36)37/h4-11,14,19-21,31H,12-13,30H2,1-3H3,(H2,29,33)/t14?,19-,20-,21-,24?/m0/s1. The maximum Gasteiger partial charge on any atom is 0.407 e. The van der Waals surface area contributed by atoms with Crippen molar-refractivity contribution in [2.45, 2.75) is 42.0 Å². The van der Waals surface area contributed by atoms with Gasteiger partial charge < -0.3 is 11.5 Å². The number of nitrogens with two attached hydrogens (primary N) is 2. The number of benzene rings is 2. The van der Waals surface area contributed by atoms with Crippen molar-refractivity contribution in [3.63, 3.8) is 0 Å². The van der Waals surface area contributed by atoms with E-state index in [1.807, 2.05) is 0 Å². The van der Waals surface area contributed by atoms with Crippen LogP contribution >= 0.6 is 0 Å². The number of rotatable bonds is 9. The predicted molar refractivity (Wildman–Crippen MR) is 139 cm³/mol. The second-order valence-electron chi connectivity index (χ2n) is 10.1. The third-order valence-electron chi connectivity index (χ3n) is 7.09. The van der Waals surface area contributed by atoms with Crippen molar-refractivity contribution in [1.82, 2.24) is 5.32 Å². The van der Waals surface area contributed by atoms with Gasteiger partial charge >= 0.3 is 6.18 Å². The molecule has 2 aromatic rings. The first-order valence-corrected chi connectivity index (χ1v) is 15.7. The Bertz CT molecular complexity index is 1460. The van der Waals surface area contributed by atoms with Crippen LogP contribution in [0.4, 0.5) is 13.2 Å². The van der Waals surface area contributed by atoms with Gasteiger partial charge in [-0.05, 0) is 41.2 Å². The molecule has 0 bridgehead atoms. The first-order chi connectivity index (χ1) is 17.7. The molecule has 39 heavy (non-hydrogen) atoms. The second-order valence-corrected chi connectivity index (χ2v) is 14.3. The molecule has 2 aromatic carbocycles. The lowest BCUT2D eigenvalue weighted by molar-refractivity contribution is -0.160. The Morgan fingerprint density at radius 1 is 1.03 bits per heavy atom. The number of hydrogen-bond donors (Lipinski definition) is 3. The minimum atomic E-state index is -4.82. The number of alkyl halides is 3. The number of Topliss-reactive ketones (excluding diaryl/α,β-unsaturated/α-hetero) is 1. The third kappa shape index (κ3) is 6.68. The van der Waals surface area contributed by atoms with E-state index in [2.05, 4.69) is 5.32 Å². The maximum atomic E-state index is 14.1. The molecule has 1 amide bonds. The van der Waals surface area contributed by atoms with Crippen molar-refractivity contribution < 1.29 is 39.6 Å². The lowest BCUT2D eigenvalue weighted by Crippen LogP contribution is -2.62. The van der Waals surface area contributed by atoms with E-state index >= 15 is 0 Å². The highest BCUT2D eigenvalue weighted by Crippen LogP contribution is 2.40. The average Bonchev–Trinajstić information content (AvgIpc) is 3.03. The van der Waals surface area contributed by atoms with Crippen molar-refractivity contribution in [3.05, 3.63) is 54.1 Å². The van der Waals surface area contributed by atoms with E-state index in [9.17, 15) is 39.6 Å². The van der Waals surface area contributed by atoms with Crippen molar-refractivity contribution in [2.75, 3.05) is 18.3 Å². The fourth-order valence-electron chi connectivity index (χ4n) is 4.96. The third-order valence-corrected chi connectivity index (χ3v) is 9.16. The molecule has 0 aromatic heterocycles. The van der Waals surface area contributed by atoms with Crippen LogP contribution in [-0.2, 0) is 29.3 Å². The van der Waals surface area contributed by atoms with Crippen LogP contribution in [0.5, 0.6) is 0 Å². The molecular weight excluding hydrogens is 559 g/mol. The molecule has 0 saturated heterocycles. The maximum absolute atomic E-state index is 14.1. The molecule has 5 atom stereocenters. The molecule has 1 saturated carbocycles. The fourth-order valence-corrected chi connectivity index (χ4v) is 6.64. The Balaban J connectivity index is 1.89. The van der Waals surface area contributed by atoms with Crippen molar-refractivity contribution in [2.24, 2.45) is 23.3 Å². The zero-order valence-corrected chi connectivity index (χ0v) is 23.0. The van der Waals surface area contributed by atoms with E-state index in [0.717, 1.165) is 12.5 Å². The number of halogens is 3. The van der Waals surface area contributed by atoms with Gasteiger partial charge in [-0.2, -0.15) is 13.2 Å². The Hall–Kier alpha value is -2.81. The lowest BCUT2D eigenvalue weighted by Gasteiger charge is -2.34. The number of nitrogens with one attached hydrogen (secondary N) is 1. The Labute approximate surface area is 225 Å². The van der Waals surface area contributed by atoms with Gasteiger partial charge in [0.15, 0.2) is 15.6 Å². The van der Waals surface area contributed by atoms with E-state index < -0.39 is 72.8 Å². The van der Waals surface area contributed by atoms with Gasteiger partial charge in [0.1, 0.15) is 15.9 Å². The monoisotopic (exact) mass is 589 g/mol. The summed E-state index contributed by atoms with van der Waals surface area (Å²) in [6.45, 7) is 1.46. The lowest BCUT2D eigenvalue weighted by atomic mass is 9.77. The number of ketones is 1. The average molecular weight is 590 g/mol. The number of sulfone groups is 2. The van der Waals surface area contributed by atoms with E-state index in [1.165, 1.54) is 55.5 Å². The zero-order chi connectivity index (χ0) is 29.6. The molecular formula is C25H30F3N3O6S2. The van der Waals surface area contributed by atoms with Crippen LogP contribution in [0.15, 0.2) is 53.4 Å². The van der Waals surface area contributed by atoms with Gasteiger partial charge in [0.25, 0.3) is 0 Å². The number of amides is 1. The fraction of sp³-hybridized carbons (Fsp3) is 0.440. The summed E-state index contributed by atoms with van der Waals surface area (Å²) in [6.07, 6.45) is -3.08. The molecule has 3 rings (SSSR count). The van der Waals surface area contributed by atoms with Crippen LogP contribution in [0.1, 0.15) is 24.9 Å². The van der Waals surface area contributed by atoms with Crippen LogP contribution in [0.2, 0.25) is 0 Å². The quantitative estimate of drug-likeness (QED) is 0.398. The summed E-state index contributed by atoms with van der Waals surface area (Å²) in [7, 11) is -7.21. The highest BCUT2D eigenvalue weighted by molar-refractivity contribution is 7.91. The summed E-state index contributed by atoms with van der Waals surface area (Å²) in [5.74, 6) is -5.31. The van der Waals surface area contributed by atoms with E-state index in [0.29, 0.717) is 11.1 Å². The van der Waals surface area contributed by atoms with Gasteiger partial charge in [0.2, 0.25) is 5.91 Å². The van der Waals surface area contributed by atoms with Crippen LogP contribution in [0.3, 0.4) is 0 Å². The number of primary amides is 1. The first-order valence-electron chi connectivity index (χ1n) is 11.8. The topological polar surface area (TPSA) is 166 Å². The van der Waals surface area contributed by atoms with Gasteiger partial charge in [-0.25, -0.2) is 16.8 Å². The summed E-state index contributed by atoms with van der Waals surface area (Å²) >= 11 is 0. The number of hydrogen-bond acceptors (Lipinski definition) is 8. The van der Waals surface area contributed by atoms with Crippen molar-refractivity contribution in [1.29, 1.82) is 0 Å². The highest BCUT2D eigenvalue weighted by atomic mass is 32.2. The van der Waals surface area contributed by atoms with E-state index in [4.69, 9.17) is 11.5 Å². The summed E-state index contributed by atoms with van der Waals surface area (Å²) < 4.78 is 89.5. The molecule has 9 nitrogen and oxygen atoms in total. The first kappa shape index (κ1) is 30.7. The smallest absolute Gasteiger partial charge is 0.369 e. The Kier molecular flexibility index (Phi) is 8.38. The van der Waals surface area contributed by atoms with Gasteiger partial charge in [0.05, 0.1) is 28.1 Å². The van der Waals surface area contributed by atoms with E-state index in [-0.39, 0.29) is 16.9 Å². The molecule has 214 valence electrons. The van der Waals surface area contributed by atoms with Crippen LogP contribution in [-0.4, -0.2) is 64.5 Å². The molecule has 0 radical (unpaired) electrons. The minimum absolute atomic E-state index is 0.103. The summed E-state index contributed by atoms with van der Waals surface area (Å²) in [6, 6.07) is 7.52. The van der Waals surface area contributed by atoms with Gasteiger partial charge in [-0.3, -0.25) is 14.9 Å². The molecule has 0 aliphatic heterocycles. The normalized spacial score (nSPS) is 23.9. The van der Waals surface area contributed by atoms with E-state index in [1.54, 1.807) is 0 Å². The molecule has 0 heterocycles. The van der Waals surface area contributed by atoms with Crippen LogP contribution in [0, 0.1) is 11.8 Å². The SMILES string of the molecule is CC1C[C@H](N[C@@H](c2ccc(-c3ccc(S(C)(=O)=O)cc3)cc2)C(F)(F)F)C(=O)C1(N)[C@@H](CS(C)(=O)=O)C(N)=O. The molecule has 2 unspecified atom stereocenters. The minimum Gasteiger partial charge on any atom is -0.369 e. The molecule has 5 N–H and O–H groups in total. The van der Waals surface area contributed by atoms with Gasteiger partial charge in [-0.15, -0.1) is 0 Å². The molecule has 1 aliphatic rings. The van der Waals surface area contributed by atoms with Crippen molar-refractivity contribution >= 4 is 31.4 Å². The Morgan fingerprint density at radius 2 is 1.51 bits per heavy atom. The molecule has 1 aliphatic carbocycles. The zero-order valence-electron chi connectivity index (χ0n) is 21.4. The van der Waals surface area contributed by atoms with Crippen LogP contribution in [0.25, 0.3) is 11.1 Å². The van der Waals surface area contributed by atoms with Crippen molar-refractivity contribution in [3.8, 4) is 11.1 Å². The molecule has 1 fully saturated rings. The number of carbonyl (C=O) groups excluding carboxylic acids is 2. The molecule has 14 heteroatoms. The highest BCUT2D eigenvalue weighted by Gasteiger charge is 2.58. The predicted octanol–water partition coefficient (Wildman–Crippen LogP) is 1.77. The summed E-state index contributed by atoms with van der Waals surface area (Å²) in [5, 5.41) is 2.32. The van der Waals surface area contributed by atoms with Crippen LogP contribution < -0.4 is 16.8 Å². The number of carbonyl (C=O) groups is 2. The molecule has 0 spiro atoms. The summed E-state index contributed by atoms with van der Waals surface area (Å²) in [4.78, 5) is 25.5. The van der Waals surface area contributed by atoms with Gasteiger partial charge in [0, 0.05) is 12.5 Å². The Morgan fingerprint density at radius 3 is 1.92 bits per heavy atom. The summed E-state index contributed by atoms with van der Waals surface area (Å²) in [5.41, 5.74) is 10.5. The largest absolute Gasteiger partial charge is 0.407 e. The second kappa shape index (κ2) is 10.6. The van der Waals surface area contributed by atoms with Gasteiger partial charge in [-0.1, -0.05) is 43.3 Å².